The van der Waals surface area contributed by atoms with Crippen molar-refractivity contribution in [2.45, 2.75) is 18.6 Å². The minimum Gasteiger partial charge on any atom is -0.497 e. The number of carbonyl (C=O) groups is 2. The number of methoxy groups -OCH3 is 1. The standard InChI is InChI=1S/C22H19N3O4S2/c1-13-5-3-4-6-16(13)23-22-25(20(28)18(31-22)11-19(26)27)21-24-17(12-30-21)14-7-9-15(29-2)10-8-14/h3-10,12,18H,11H2,1-2H3,(H,26,27)/t18-/m1/s1. The maximum Gasteiger partial charge on any atom is 0.305 e. The number of thioether (sulfide) groups is 1. The predicted molar refractivity (Wildman–Crippen MR) is 123 cm³/mol. The molecule has 4 rings (SSSR count). The molecule has 1 aromatic heterocycles. The number of amidine groups is 1. The Morgan fingerprint density at radius 1 is 1.23 bits per heavy atom. The smallest absolute Gasteiger partial charge is 0.305 e. The second-order valence-corrected chi connectivity index (χ2v) is 8.81. The summed E-state index contributed by atoms with van der Waals surface area (Å²) in [6.45, 7) is 1.94. The first-order chi connectivity index (χ1) is 15.0. The van der Waals surface area contributed by atoms with Crippen molar-refractivity contribution in [3.05, 3.63) is 59.5 Å². The van der Waals surface area contributed by atoms with Gasteiger partial charge in [-0.25, -0.2) is 14.9 Å². The number of para-hydroxylation sites is 1. The summed E-state index contributed by atoms with van der Waals surface area (Å²) in [6.07, 6.45) is -0.274. The normalized spacial score (nSPS) is 17.4. The number of aliphatic imine (C=N–C) groups is 1. The van der Waals surface area contributed by atoms with Crippen LogP contribution in [0.4, 0.5) is 10.8 Å². The molecule has 1 saturated heterocycles. The lowest BCUT2D eigenvalue weighted by molar-refractivity contribution is -0.138. The zero-order valence-corrected chi connectivity index (χ0v) is 18.4. The third-order valence-corrected chi connectivity index (χ3v) is 6.66. The number of ether oxygens (including phenoxy) is 1. The topological polar surface area (TPSA) is 92.1 Å². The molecule has 1 atom stereocenters. The zero-order valence-electron chi connectivity index (χ0n) is 16.8. The molecule has 0 unspecified atom stereocenters. The fourth-order valence-electron chi connectivity index (χ4n) is 3.06. The van der Waals surface area contributed by atoms with Gasteiger partial charge in [-0.05, 0) is 42.8 Å². The highest BCUT2D eigenvalue weighted by Crippen LogP contribution is 2.38. The summed E-state index contributed by atoms with van der Waals surface area (Å²) in [5.41, 5.74) is 3.30. The molecule has 0 aliphatic carbocycles. The molecule has 9 heteroatoms. The molecule has 1 N–H and O–H groups in total. The summed E-state index contributed by atoms with van der Waals surface area (Å²) in [4.78, 5) is 35.1. The highest BCUT2D eigenvalue weighted by atomic mass is 32.2. The number of aliphatic carboxylic acids is 1. The van der Waals surface area contributed by atoms with Crippen molar-refractivity contribution >= 4 is 51.0 Å². The van der Waals surface area contributed by atoms with Gasteiger partial charge in [-0.15, -0.1) is 11.3 Å². The highest BCUT2D eigenvalue weighted by molar-refractivity contribution is 8.16. The molecule has 2 aromatic carbocycles. The van der Waals surface area contributed by atoms with Gasteiger partial charge in [-0.3, -0.25) is 9.59 Å². The van der Waals surface area contributed by atoms with Crippen molar-refractivity contribution in [1.29, 1.82) is 0 Å². The molecular weight excluding hydrogens is 434 g/mol. The number of benzene rings is 2. The number of nitrogens with zero attached hydrogens (tertiary/aromatic N) is 3. The van der Waals surface area contributed by atoms with Gasteiger partial charge in [0, 0.05) is 10.9 Å². The quantitative estimate of drug-likeness (QED) is 0.580. The van der Waals surface area contributed by atoms with Crippen LogP contribution in [0.1, 0.15) is 12.0 Å². The largest absolute Gasteiger partial charge is 0.497 e. The Labute approximate surface area is 187 Å². The Morgan fingerprint density at radius 2 is 1.97 bits per heavy atom. The van der Waals surface area contributed by atoms with E-state index in [-0.39, 0.29) is 12.3 Å². The molecule has 1 fully saturated rings. The first kappa shape index (κ1) is 21.1. The number of aromatic nitrogens is 1. The van der Waals surface area contributed by atoms with Gasteiger partial charge in [0.2, 0.25) is 5.91 Å². The highest BCUT2D eigenvalue weighted by Gasteiger charge is 2.41. The van der Waals surface area contributed by atoms with Gasteiger partial charge in [0.25, 0.3) is 0 Å². The molecule has 1 aliphatic rings. The Bertz CT molecular complexity index is 1160. The van der Waals surface area contributed by atoms with Crippen LogP contribution in [0.2, 0.25) is 0 Å². The maximum atomic E-state index is 13.1. The number of hydrogen-bond acceptors (Lipinski definition) is 7. The second kappa shape index (κ2) is 8.91. The molecule has 0 bridgehead atoms. The Kier molecular flexibility index (Phi) is 6.06. The average molecular weight is 454 g/mol. The summed E-state index contributed by atoms with van der Waals surface area (Å²) in [6, 6.07) is 15.1. The van der Waals surface area contributed by atoms with Gasteiger partial charge < -0.3 is 9.84 Å². The Hall–Kier alpha value is -3.17. The van der Waals surface area contributed by atoms with Gasteiger partial charge >= 0.3 is 5.97 Å². The van der Waals surface area contributed by atoms with Gasteiger partial charge in [0.05, 0.1) is 24.9 Å². The molecule has 31 heavy (non-hydrogen) atoms. The van der Waals surface area contributed by atoms with Crippen LogP contribution in [0.5, 0.6) is 5.75 Å². The van der Waals surface area contributed by atoms with Crippen LogP contribution in [0.25, 0.3) is 11.3 Å². The van der Waals surface area contributed by atoms with Crippen LogP contribution >= 0.6 is 23.1 Å². The number of hydrogen-bond donors (Lipinski definition) is 1. The number of carbonyl (C=O) groups excluding carboxylic acids is 1. The first-order valence-electron chi connectivity index (χ1n) is 9.43. The van der Waals surface area contributed by atoms with Crippen molar-refractivity contribution in [3.8, 4) is 17.0 Å². The van der Waals surface area contributed by atoms with E-state index in [1.54, 1.807) is 7.11 Å². The number of anilines is 1. The van der Waals surface area contributed by atoms with E-state index in [1.807, 2.05) is 60.8 Å². The number of thiazole rings is 1. The summed E-state index contributed by atoms with van der Waals surface area (Å²) < 4.78 is 5.19. The average Bonchev–Trinajstić information content (AvgIpc) is 3.34. The van der Waals surface area contributed by atoms with Gasteiger partial charge in [0.15, 0.2) is 10.3 Å². The van der Waals surface area contributed by atoms with Crippen LogP contribution in [0, 0.1) is 6.92 Å². The van der Waals surface area contributed by atoms with E-state index in [0.717, 1.165) is 40.0 Å². The Morgan fingerprint density at radius 3 is 2.65 bits per heavy atom. The molecule has 3 aromatic rings. The van der Waals surface area contributed by atoms with E-state index in [0.29, 0.717) is 10.3 Å². The van der Waals surface area contributed by atoms with Gasteiger partial charge in [-0.2, -0.15) is 0 Å². The third-order valence-electron chi connectivity index (χ3n) is 4.70. The molecule has 0 spiro atoms. The van der Waals surface area contributed by atoms with Crippen molar-refractivity contribution in [3.63, 3.8) is 0 Å². The molecule has 0 radical (unpaired) electrons. The van der Waals surface area contributed by atoms with Crippen LogP contribution in [-0.2, 0) is 9.59 Å². The first-order valence-corrected chi connectivity index (χ1v) is 11.2. The molecule has 7 nitrogen and oxygen atoms in total. The Balaban J connectivity index is 1.71. The summed E-state index contributed by atoms with van der Waals surface area (Å²) >= 11 is 2.48. The number of carboxylic acids is 1. The van der Waals surface area contributed by atoms with Crippen LogP contribution in [0.15, 0.2) is 58.9 Å². The van der Waals surface area contributed by atoms with Gasteiger partial charge in [-0.1, -0.05) is 30.0 Å². The van der Waals surface area contributed by atoms with Crippen molar-refractivity contribution < 1.29 is 19.4 Å². The number of rotatable bonds is 6. The minimum absolute atomic E-state index is 0.274. The fourth-order valence-corrected chi connectivity index (χ4v) is 5.08. The van der Waals surface area contributed by atoms with E-state index in [1.165, 1.54) is 16.2 Å². The molecule has 2 heterocycles. The van der Waals surface area contributed by atoms with E-state index >= 15 is 0 Å². The summed E-state index contributed by atoms with van der Waals surface area (Å²) in [5.74, 6) is -0.606. The zero-order chi connectivity index (χ0) is 22.0. The maximum absolute atomic E-state index is 13.1. The van der Waals surface area contributed by atoms with Crippen LogP contribution in [-0.4, -0.2) is 39.5 Å². The molecular formula is C22H19N3O4S2. The van der Waals surface area contributed by atoms with Crippen molar-refractivity contribution in [2.75, 3.05) is 12.0 Å². The van der Waals surface area contributed by atoms with Crippen molar-refractivity contribution in [1.82, 2.24) is 4.98 Å². The lowest BCUT2D eigenvalue weighted by atomic mass is 10.2. The molecule has 1 amide bonds. The summed E-state index contributed by atoms with van der Waals surface area (Å²) in [5, 5.41) is 11.2. The number of amides is 1. The van der Waals surface area contributed by atoms with E-state index in [2.05, 4.69) is 9.98 Å². The number of aryl methyl sites for hydroxylation is 1. The fraction of sp³-hybridized carbons (Fsp3) is 0.182. The van der Waals surface area contributed by atoms with E-state index < -0.39 is 11.2 Å². The minimum atomic E-state index is -1.03. The monoisotopic (exact) mass is 453 g/mol. The van der Waals surface area contributed by atoms with E-state index in [4.69, 9.17) is 4.74 Å². The van der Waals surface area contributed by atoms with Crippen LogP contribution in [0.3, 0.4) is 0 Å². The lowest BCUT2D eigenvalue weighted by Crippen LogP contribution is -2.32. The predicted octanol–water partition coefficient (Wildman–Crippen LogP) is 4.74. The molecule has 1 aliphatic heterocycles. The van der Waals surface area contributed by atoms with Crippen molar-refractivity contribution in [2.24, 2.45) is 4.99 Å². The second-order valence-electron chi connectivity index (χ2n) is 6.80. The van der Waals surface area contributed by atoms with Gasteiger partial charge in [0.1, 0.15) is 11.0 Å². The SMILES string of the molecule is COc1ccc(-c2csc(N3C(=O)[C@@H](CC(=O)O)SC3=Nc3ccccc3C)n2)cc1. The molecule has 158 valence electrons. The van der Waals surface area contributed by atoms with E-state index in [9.17, 15) is 14.7 Å². The number of carboxylic acid groups (broad SMARTS) is 1. The summed E-state index contributed by atoms with van der Waals surface area (Å²) in [7, 11) is 1.61. The van der Waals surface area contributed by atoms with Crippen LogP contribution < -0.4 is 9.64 Å². The lowest BCUT2D eigenvalue weighted by Gasteiger charge is -2.13. The third kappa shape index (κ3) is 4.47. The molecule has 0 saturated carbocycles.